The van der Waals surface area contributed by atoms with Crippen molar-refractivity contribution in [1.29, 1.82) is 0 Å². The van der Waals surface area contributed by atoms with E-state index in [4.69, 9.17) is 4.74 Å². The molecule has 1 saturated heterocycles. The van der Waals surface area contributed by atoms with Gasteiger partial charge >= 0.3 is 6.03 Å². The summed E-state index contributed by atoms with van der Waals surface area (Å²) in [4.78, 5) is 16.7. The maximum absolute atomic E-state index is 12.5. The Labute approximate surface area is 155 Å². The molecule has 5 nitrogen and oxygen atoms in total. The molecular weight excluding hydrogens is 326 g/mol. The van der Waals surface area contributed by atoms with Gasteiger partial charge in [0, 0.05) is 44.0 Å². The number of methoxy groups -OCH3 is 1. The molecule has 0 bridgehead atoms. The van der Waals surface area contributed by atoms with Gasteiger partial charge in [-0.15, -0.1) is 0 Å². The number of amides is 2. The average Bonchev–Trinajstić information content (AvgIpc) is 2.65. The van der Waals surface area contributed by atoms with E-state index < -0.39 is 0 Å². The van der Waals surface area contributed by atoms with E-state index in [1.165, 1.54) is 16.8 Å². The van der Waals surface area contributed by atoms with E-state index in [0.29, 0.717) is 6.54 Å². The fourth-order valence-corrected chi connectivity index (χ4v) is 3.43. The number of ether oxygens (including phenoxy) is 1. The van der Waals surface area contributed by atoms with Crippen molar-refractivity contribution in [2.24, 2.45) is 0 Å². The average molecular weight is 353 g/mol. The summed E-state index contributed by atoms with van der Waals surface area (Å²) >= 11 is 0. The maximum atomic E-state index is 12.5. The molecule has 1 aliphatic heterocycles. The van der Waals surface area contributed by atoms with Gasteiger partial charge in [-0.2, -0.15) is 0 Å². The van der Waals surface area contributed by atoms with E-state index in [1.807, 2.05) is 29.2 Å². The van der Waals surface area contributed by atoms with Gasteiger partial charge in [0.25, 0.3) is 0 Å². The van der Waals surface area contributed by atoms with Crippen LogP contribution in [0.1, 0.15) is 16.7 Å². The van der Waals surface area contributed by atoms with Crippen LogP contribution in [0.15, 0.2) is 42.5 Å². The summed E-state index contributed by atoms with van der Waals surface area (Å²) in [6.45, 7) is 7.88. The Morgan fingerprint density at radius 2 is 1.69 bits per heavy atom. The molecule has 1 fully saturated rings. The van der Waals surface area contributed by atoms with Crippen molar-refractivity contribution in [3.05, 3.63) is 59.2 Å². The van der Waals surface area contributed by atoms with Crippen LogP contribution in [-0.4, -0.2) is 44.2 Å². The molecule has 0 aromatic heterocycles. The van der Waals surface area contributed by atoms with Gasteiger partial charge in [-0.3, -0.25) is 0 Å². The number of hydrogen-bond donors (Lipinski definition) is 1. The van der Waals surface area contributed by atoms with Gasteiger partial charge in [-0.05, 0) is 43.2 Å². The lowest BCUT2D eigenvalue weighted by Crippen LogP contribution is -2.51. The number of para-hydroxylation sites is 1. The number of hydrogen-bond acceptors (Lipinski definition) is 3. The van der Waals surface area contributed by atoms with Crippen LogP contribution in [-0.2, 0) is 6.54 Å². The number of piperazine rings is 1. The number of nitrogens with one attached hydrogen (secondary N) is 1. The topological polar surface area (TPSA) is 44.8 Å². The summed E-state index contributed by atoms with van der Waals surface area (Å²) < 4.78 is 5.33. The minimum absolute atomic E-state index is 0.0176. The zero-order chi connectivity index (χ0) is 18.5. The molecule has 5 heteroatoms. The molecule has 2 aromatic rings. The molecule has 0 saturated carbocycles. The van der Waals surface area contributed by atoms with Gasteiger partial charge in [0.1, 0.15) is 5.75 Å². The van der Waals surface area contributed by atoms with Crippen LogP contribution in [0.2, 0.25) is 0 Å². The number of anilines is 1. The van der Waals surface area contributed by atoms with E-state index in [0.717, 1.165) is 37.5 Å². The van der Waals surface area contributed by atoms with Gasteiger partial charge in [0.05, 0.1) is 7.11 Å². The van der Waals surface area contributed by atoms with Crippen LogP contribution in [0.25, 0.3) is 0 Å². The van der Waals surface area contributed by atoms with Gasteiger partial charge in [0.15, 0.2) is 0 Å². The summed E-state index contributed by atoms with van der Waals surface area (Å²) in [5.74, 6) is 0.799. The predicted molar refractivity (Wildman–Crippen MR) is 105 cm³/mol. The van der Waals surface area contributed by atoms with Crippen molar-refractivity contribution in [1.82, 2.24) is 10.2 Å². The van der Waals surface area contributed by atoms with Crippen molar-refractivity contribution >= 4 is 11.7 Å². The van der Waals surface area contributed by atoms with Crippen LogP contribution in [0.3, 0.4) is 0 Å². The number of nitrogens with zero attached hydrogens (tertiary/aromatic N) is 2. The highest BCUT2D eigenvalue weighted by Crippen LogP contribution is 2.20. The van der Waals surface area contributed by atoms with Crippen molar-refractivity contribution < 1.29 is 9.53 Å². The minimum Gasteiger partial charge on any atom is -0.496 e. The Hall–Kier alpha value is -2.69. The molecule has 2 aromatic carbocycles. The smallest absolute Gasteiger partial charge is 0.317 e. The predicted octanol–water partition coefficient (Wildman–Crippen LogP) is 3.34. The summed E-state index contributed by atoms with van der Waals surface area (Å²) in [5.41, 5.74) is 4.78. The van der Waals surface area contributed by atoms with E-state index in [-0.39, 0.29) is 6.03 Å². The zero-order valence-corrected chi connectivity index (χ0v) is 15.8. The second-order valence-electron chi connectivity index (χ2n) is 6.79. The molecule has 0 unspecified atom stereocenters. The van der Waals surface area contributed by atoms with Gasteiger partial charge < -0.3 is 19.9 Å². The number of benzene rings is 2. The van der Waals surface area contributed by atoms with Gasteiger partial charge in [0.2, 0.25) is 0 Å². The lowest BCUT2D eigenvalue weighted by atomic mass is 10.1. The van der Waals surface area contributed by atoms with Crippen molar-refractivity contribution in [2.45, 2.75) is 20.4 Å². The second-order valence-corrected chi connectivity index (χ2v) is 6.79. The first-order chi connectivity index (χ1) is 12.6. The SMILES string of the molecule is COc1ccccc1CNC(=O)N1CCN(c2cc(C)cc(C)c2)CC1. The molecular formula is C21H27N3O2. The number of urea groups is 1. The summed E-state index contributed by atoms with van der Waals surface area (Å²) in [6.07, 6.45) is 0. The molecule has 1 heterocycles. The normalized spacial score (nSPS) is 14.3. The Morgan fingerprint density at radius 3 is 2.35 bits per heavy atom. The minimum atomic E-state index is -0.0176. The Balaban J connectivity index is 1.53. The number of rotatable bonds is 4. The molecule has 0 radical (unpaired) electrons. The zero-order valence-electron chi connectivity index (χ0n) is 15.8. The molecule has 3 rings (SSSR count). The summed E-state index contributed by atoms with van der Waals surface area (Å²) in [5, 5.41) is 3.00. The lowest BCUT2D eigenvalue weighted by Gasteiger charge is -2.36. The largest absolute Gasteiger partial charge is 0.496 e. The van der Waals surface area contributed by atoms with Crippen LogP contribution < -0.4 is 15.0 Å². The highest BCUT2D eigenvalue weighted by molar-refractivity contribution is 5.74. The fraction of sp³-hybridized carbons (Fsp3) is 0.381. The Bertz CT molecular complexity index is 747. The van der Waals surface area contributed by atoms with E-state index in [1.54, 1.807) is 7.11 Å². The van der Waals surface area contributed by atoms with Crippen LogP contribution in [0.5, 0.6) is 5.75 Å². The molecule has 0 aliphatic carbocycles. The fourth-order valence-electron chi connectivity index (χ4n) is 3.43. The number of carbonyl (C=O) groups excluding carboxylic acids is 1. The third-order valence-corrected chi connectivity index (χ3v) is 4.76. The van der Waals surface area contributed by atoms with Crippen molar-refractivity contribution in [2.75, 3.05) is 38.2 Å². The lowest BCUT2D eigenvalue weighted by molar-refractivity contribution is 0.194. The highest BCUT2D eigenvalue weighted by Gasteiger charge is 2.21. The standard InChI is InChI=1S/C21H27N3O2/c1-16-12-17(2)14-19(13-16)23-8-10-24(11-9-23)21(25)22-15-18-6-4-5-7-20(18)26-3/h4-7,12-14H,8-11,15H2,1-3H3,(H,22,25). The first-order valence-corrected chi connectivity index (χ1v) is 9.05. The van der Waals surface area contributed by atoms with Gasteiger partial charge in [-0.25, -0.2) is 4.79 Å². The highest BCUT2D eigenvalue weighted by atomic mass is 16.5. The monoisotopic (exact) mass is 353 g/mol. The Morgan fingerprint density at radius 1 is 1.04 bits per heavy atom. The number of carbonyl (C=O) groups is 1. The summed E-state index contributed by atoms with van der Waals surface area (Å²) in [6, 6.07) is 14.3. The van der Waals surface area contributed by atoms with Crippen molar-refractivity contribution in [3.63, 3.8) is 0 Å². The summed E-state index contributed by atoms with van der Waals surface area (Å²) in [7, 11) is 1.65. The van der Waals surface area contributed by atoms with Gasteiger partial charge in [-0.1, -0.05) is 24.3 Å². The van der Waals surface area contributed by atoms with Crippen molar-refractivity contribution in [3.8, 4) is 5.75 Å². The molecule has 26 heavy (non-hydrogen) atoms. The van der Waals surface area contributed by atoms with E-state index >= 15 is 0 Å². The third-order valence-electron chi connectivity index (χ3n) is 4.76. The molecule has 2 amide bonds. The quantitative estimate of drug-likeness (QED) is 0.917. The molecule has 0 atom stereocenters. The van der Waals surface area contributed by atoms with Crippen LogP contribution >= 0.6 is 0 Å². The molecule has 138 valence electrons. The third kappa shape index (κ3) is 4.28. The number of aryl methyl sites for hydroxylation is 2. The maximum Gasteiger partial charge on any atom is 0.317 e. The van der Waals surface area contributed by atoms with Crippen LogP contribution in [0, 0.1) is 13.8 Å². The molecule has 1 aliphatic rings. The molecule has 1 N–H and O–H groups in total. The molecule has 0 spiro atoms. The van der Waals surface area contributed by atoms with E-state index in [9.17, 15) is 4.79 Å². The second kappa shape index (κ2) is 8.13. The Kier molecular flexibility index (Phi) is 5.66. The first-order valence-electron chi connectivity index (χ1n) is 9.05. The van der Waals surface area contributed by atoms with Crippen LogP contribution in [0.4, 0.5) is 10.5 Å². The van der Waals surface area contributed by atoms with E-state index in [2.05, 4.69) is 42.3 Å². The first kappa shape index (κ1) is 18.1.